The van der Waals surface area contributed by atoms with Gasteiger partial charge in [-0.25, -0.2) is 4.52 Å². The van der Waals surface area contributed by atoms with Crippen LogP contribution >= 0.6 is 0 Å². The summed E-state index contributed by atoms with van der Waals surface area (Å²) in [4.78, 5) is 2.53. The van der Waals surface area contributed by atoms with E-state index < -0.39 is 5.41 Å². The third kappa shape index (κ3) is 4.99. The number of rotatable bonds is 6. The van der Waals surface area contributed by atoms with Crippen molar-refractivity contribution in [2.45, 2.75) is 5.41 Å². The number of hydrogen-bond donors (Lipinski definition) is 0. The summed E-state index contributed by atoms with van der Waals surface area (Å²) in [6.45, 7) is 0. The minimum absolute atomic E-state index is 0.483. The molecule has 0 unspecified atom stereocenters. The number of benzene rings is 9. The second-order valence-electron chi connectivity index (χ2n) is 16.6. The summed E-state index contributed by atoms with van der Waals surface area (Å²) in [5.41, 5.74) is 20.5. The normalized spacial score (nSPS) is 12.9. The second kappa shape index (κ2) is 13.9. The van der Waals surface area contributed by atoms with Crippen LogP contribution in [-0.2, 0) is 5.41 Å². The Bertz CT molecular complexity index is 3510. The van der Waals surface area contributed by atoms with E-state index in [1.807, 2.05) is 0 Å². The number of anilines is 3. The predicted molar refractivity (Wildman–Crippen MR) is 260 cm³/mol. The molecule has 0 aliphatic heterocycles. The summed E-state index contributed by atoms with van der Waals surface area (Å²) in [6.07, 6.45) is 0. The van der Waals surface area contributed by atoms with Crippen molar-refractivity contribution in [3.63, 3.8) is 0 Å². The molecule has 0 radical (unpaired) electrons. The van der Waals surface area contributed by atoms with Gasteiger partial charge in [0.05, 0.1) is 28.0 Å². The zero-order chi connectivity index (χ0) is 41.5. The lowest BCUT2D eigenvalue weighted by Gasteiger charge is -2.33. The van der Waals surface area contributed by atoms with Crippen molar-refractivity contribution in [2.75, 3.05) is 4.90 Å². The first-order chi connectivity index (χ1) is 31.3. The summed E-state index contributed by atoms with van der Waals surface area (Å²) < 4.78 is 2.25. The largest absolute Gasteiger partial charge is 0.307 e. The van der Waals surface area contributed by atoms with Crippen molar-refractivity contribution in [3.8, 4) is 55.9 Å². The summed E-state index contributed by atoms with van der Waals surface area (Å²) in [5.74, 6) is 0. The Balaban J connectivity index is 1.20. The minimum Gasteiger partial charge on any atom is -0.307 e. The van der Waals surface area contributed by atoms with Crippen LogP contribution in [0.2, 0.25) is 0 Å². The molecule has 2 aliphatic carbocycles. The van der Waals surface area contributed by atoms with Crippen LogP contribution in [0.1, 0.15) is 22.3 Å². The Hall–Kier alpha value is -8.27. The van der Waals surface area contributed by atoms with Crippen molar-refractivity contribution in [2.24, 2.45) is 0 Å². The third-order valence-electron chi connectivity index (χ3n) is 13.4. The molecule has 0 fully saturated rings. The van der Waals surface area contributed by atoms with E-state index in [2.05, 4.69) is 246 Å². The second-order valence-corrected chi connectivity index (χ2v) is 16.6. The maximum absolute atomic E-state index is 5.72. The Kier molecular flexibility index (Phi) is 7.82. The molecule has 2 heterocycles. The summed E-state index contributed by atoms with van der Waals surface area (Å²) >= 11 is 0. The van der Waals surface area contributed by atoms with Gasteiger partial charge in [-0.2, -0.15) is 5.10 Å². The molecule has 11 aromatic rings. The Morgan fingerprint density at radius 1 is 0.365 bits per heavy atom. The highest BCUT2D eigenvalue weighted by Gasteiger charge is 2.52. The Morgan fingerprint density at radius 2 is 0.841 bits per heavy atom. The smallest absolute Gasteiger partial charge is 0.101 e. The number of fused-ring (bicyclic) bond motifs is 13. The molecule has 0 saturated carbocycles. The van der Waals surface area contributed by atoms with Crippen LogP contribution in [0, 0.1) is 0 Å². The van der Waals surface area contributed by atoms with Gasteiger partial charge in [-0.1, -0.05) is 218 Å². The number of para-hydroxylation sites is 1. The molecule has 13 rings (SSSR count). The van der Waals surface area contributed by atoms with Crippen molar-refractivity contribution in [1.82, 2.24) is 9.61 Å². The molecule has 63 heavy (non-hydrogen) atoms. The van der Waals surface area contributed by atoms with Crippen LogP contribution < -0.4 is 4.90 Å². The molecule has 294 valence electrons. The summed E-state index contributed by atoms with van der Waals surface area (Å²) in [7, 11) is 0. The maximum Gasteiger partial charge on any atom is 0.101 e. The standard InChI is InChI=1S/C60H39N3/c1-5-22-40(23-6-1)54-56(41-24-7-2-8-25-41)61-63-57(42-26-9-3-10-27-42)59(47-33-14-13-32-46(47)58(54)63)62(43-28-11-4-12-29-43)53-39-21-38-52-55(53)48-34-17-20-37-51(48)60(52)49-35-18-15-30-44(49)45-31-16-19-36-50(45)60/h1-39H. The average Bonchev–Trinajstić information content (AvgIpc) is 4.01. The van der Waals surface area contributed by atoms with Gasteiger partial charge in [0.25, 0.3) is 0 Å². The van der Waals surface area contributed by atoms with Crippen LogP contribution in [-0.4, -0.2) is 9.61 Å². The van der Waals surface area contributed by atoms with Crippen LogP contribution in [0.3, 0.4) is 0 Å². The molecule has 0 saturated heterocycles. The van der Waals surface area contributed by atoms with Crippen molar-refractivity contribution >= 4 is 33.4 Å². The Labute approximate surface area is 366 Å². The third-order valence-corrected chi connectivity index (χ3v) is 13.4. The van der Waals surface area contributed by atoms with Crippen LogP contribution in [0.4, 0.5) is 17.1 Å². The topological polar surface area (TPSA) is 20.5 Å². The minimum atomic E-state index is -0.483. The Morgan fingerprint density at radius 3 is 1.48 bits per heavy atom. The van der Waals surface area contributed by atoms with E-state index >= 15 is 0 Å². The number of pyridine rings is 1. The van der Waals surface area contributed by atoms with Gasteiger partial charge in [0.15, 0.2) is 0 Å². The molecule has 0 atom stereocenters. The van der Waals surface area contributed by atoms with E-state index in [-0.39, 0.29) is 0 Å². The van der Waals surface area contributed by atoms with E-state index in [1.54, 1.807) is 0 Å². The van der Waals surface area contributed by atoms with Crippen LogP contribution in [0.25, 0.3) is 72.2 Å². The molecule has 2 aromatic heterocycles. The number of aromatic nitrogens is 2. The van der Waals surface area contributed by atoms with Gasteiger partial charge in [-0.05, 0) is 62.7 Å². The van der Waals surface area contributed by atoms with E-state index in [0.29, 0.717) is 0 Å². The first-order valence-corrected chi connectivity index (χ1v) is 21.7. The molecule has 0 N–H and O–H groups in total. The molecule has 9 aromatic carbocycles. The molecular weight excluding hydrogens is 763 g/mol. The fraction of sp³-hybridized carbons (Fsp3) is 0.0167. The highest BCUT2D eigenvalue weighted by atomic mass is 15.3. The summed E-state index contributed by atoms with van der Waals surface area (Å²) in [5, 5.41) is 7.99. The molecule has 1 spiro atoms. The van der Waals surface area contributed by atoms with E-state index in [9.17, 15) is 0 Å². The molecule has 2 aliphatic rings. The zero-order valence-corrected chi connectivity index (χ0v) is 34.4. The fourth-order valence-electron chi connectivity index (χ4n) is 11.0. The maximum atomic E-state index is 5.72. The summed E-state index contributed by atoms with van der Waals surface area (Å²) in [6, 6.07) is 86.3. The van der Waals surface area contributed by atoms with Gasteiger partial charge in [-0.3, -0.25) is 0 Å². The van der Waals surface area contributed by atoms with Gasteiger partial charge in [0.2, 0.25) is 0 Å². The molecule has 3 nitrogen and oxygen atoms in total. The monoisotopic (exact) mass is 801 g/mol. The van der Waals surface area contributed by atoms with E-state index in [1.165, 1.54) is 44.5 Å². The SMILES string of the molecule is c1ccc(-c2nn3c(-c4ccccc4)c(N(c4ccccc4)c4cccc5c4-c4ccccc4C54c5ccccc5-c5ccccc54)c4ccccc4c3c2-c2ccccc2)cc1. The van der Waals surface area contributed by atoms with E-state index in [0.717, 1.165) is 67.0 Å². The molecule has 0 amide bonds. The van der Waals surface area contributed by atoms with Gasteiger partial charge < -0.3 is 4.90 Å². The lowest BCUT2D eigenvalue weighted by molar-refractivity contribution is 0.794. The van der Waals surface area contributed by atoms with Crippen LogP contribution in [0.15, 0.2) is 237 Å². The predicted octanol–water partition coefficient (Wildman–Crippen LogP) is 15.3. The van der Waals surface area contributed by atoms with Gasteiger partial charge >= 0.3 is 0 Å². The average molecular weight is 802 g/mol. The number of hydrogen-bond acceptors (Lipinski definition) is 2. The quantitative estimate of drug-likeness (QED) is 0.167. The molecular formula is C60H39N3. The zero-order valence-electron chi connectivity index (χ0n) is 34.4. The van der Waals surface area contributed by atoms with Crippen LogP contribution in [0.5, 0.6) is 0 Å². The van der Waals surface area contributed by atoms with Crippen molar-refractivity contribution in [3.05, 3.63) is 259 Å². The van der Waals surface area contributed by atoms with Gasteiger partial charge in [0.1, 0.15) is 5.69 Å². The highest BCUT2D eigenvalue weighted by molar-refractivity contribution is 6.16. The van der Waals surface area contributed by atoms with Gasteiger partial charge in [0, 0.05) is 38.7 Å². The van der Waals surface area contributed by atoms with Crippen molar-refractivity contribution in [1.29, 1.82) is 0 Å². The lowest BCUT2D eigenvalue weighted by Crippen LogP contribution is -2.26. The van der Waals surface area contributed by atoms with Gasteiger partial charge in [-0.15, -0.1) is 0 Å². The lowest BCUT2D eigenvalue weighted by atomic mass is 9.70. The highest BCUT2D eigenvalue weighted by Crippen LogP contribution is 2.65. The first kappa shape index (κ1) is 35.5. The number of nitrogens with zero attached hydrogens (tertiary/aromatic N) is 3. The molecule has 3 heteroatoms. The first-order valence-electron chi connectivity index (χ1n) is 21.7. The fourth-order valence-corrected chi connectivity index (χ4v) is 11.0. The van der Waals surface area contributed by atoms with E-state index in [4.69, 9.17) is 5.10 Å². The van der Waals surface area contributed by atoms with Crippen molar-refractivity contribution < 1.29 is 0 Å². The molecule has 0 bridgehead atoms.